The van der Waals surface area contributed by atoms with E-state index < -0.39 is 40.9 Å². The zero-order chi connectivity index (χ0) is 27.2. The maximum absolute atomic E-state index is 14.8. The summed E-state index contributed by atoms with van der Waals surface area (Å²) in [6.07, 6.45) is 4.28. The van der Waals surface area contributed by atoms with Crippen molar-refractivity contribution in [3.05, 3.63) is 117 Å². The second-order valence-corrected chi connectivity index (χ2v) is 8.71. The summed E-state index contributed by atoms with van der Waals surface area (Å²) in [5, 5.41) is 18.4. The first-order chi connectivity index (χ1) is 17.6. The molecule has 0 fully saturated rings. The summed E-state index contributed by atoms with van der Waals surface area (Å²) >= 11 is 5.74. The summed E-state index contributed by atoms with van der Waals surface area (Å²) in [6, 6.07) is 11.9. The van der Waals surface area contributed by atoms with Crippen molar-refractivity contribution in [2.75, 3.05) is 0 Å². The Kier molecular flexibility index (Phi) is 9.05. The lowest BCUT2D eigenvalue weighted by Gasteiger charge is -2.19. The number of rotatable bonds is 6. The third-order valence-corrected chi connectivity index (χ3v) is 5.99. The van der Waals surface area contributed by atoms with Gasteiger partial charge in [-0.1, -0.05) is 6.07 Å². The van der Waals surface area contributed by atoms with Gasteiger partial charge in [-0.25, -0.2) is 27.9 Å². The van der Waals surface area contributed by atoms with Gasteiger partial charge in [0.15, 0.2) is 11.6 Å². The number of carboxylic acids is 2. The Labute approximate surface area is 224 Å². The van der Waals surface area contributed by atoms with Gasteiger partial charge in [0, 0.05) is 18.6 Å². The van der Waals surface area contributed by atoms with E-state index in [1.54, 1.807) is 12.1 Å². The third kappa shape index (κ3) is 6.35. The Morgan fingerprint density at radius 2 is 1.43 bits per heavy atom. The van der Waals surface area contributed by atoms with E-state index in [0.717, 1.165) is 12.1 Å². The van der Waals surface area contributed by atoms with Gasteiger partial charge in [0.2, 0.25) is 0 Å². The summed E-state index contributed by atoms with van der Waals surface area (Å²) < 4.78 is 40.8. The highest BCUT2D eigenvalue weighted by Gasteiger charge is 2.46. The summed E-state index contributed by atoms with van der Waals surface area (Å²) in [5.74, 6) is -5.00. The van der Waals surface area contributed by atoms with Crippen molar-refractivity contribution in [2.45, 2.75) is 11.6 Å². The van der Waals surface area contributed by atoms with Gasteiger partial charge in [-0.15, -0.1) is 0 Å². The van der Waals surface area contributed by atoms with Crippen molar-refractivity contribution in [3.63, 3.8) is 0 Å². The molecule has 13 heteroatoms. The van der Waals surface area contributed by atoms with Gasteiger partial charge in [-0.05, 0) is 86.0 Å². The van der Waals surface area contributed by atoms with E-state index in [1.807, 2.05) is 0 Å². The van der Waals surface area contributed by atoms with E-state index in [4.69, 9.17) is 5.11 Å². The van der Waals surface area contributed by atoms with E-state index in [2.05, 4.69) is 51.8 Å². The third-order valence-electron chi connectivity index (χ3n) is 4.88. The lowest BCUT2D eigenvalue weighted by atomic mass is 9.96. The predicted molar refractivity (Wildman–Crippen MR) is 131 cm³/mol. The first kappa shape index (κ1) is 27.9. The number of alkyl halides is 1. The Balaban J connectivity index is 0.000000206. The standard InChI is InChI=1S/C12H7BrF2N2O2.C12H8BrFN2O2/c13-10-7(14)4-5-9(17-10)12(15,11(18)19)8-3-1-2-6-16-8;13-11-8(14)1-2-9(16-11)10(12(17)18)7-3-5-15-6-4-7/h1-6H,(H,18,19);1-6,10H,(H,17,18). The minimum absolute atomic E-state index is 0.000283. The number of aromatic nitrogens is 4. The topological polar surface area (TPSA) is 126 Å². The molecule has 0 aromatic carbocycles. The van der Waals surface area contributed by atoms with Gasteiger partial charge in [0.25, 0.3) is 5.67 Å². The number of carboxylic acid groups (broad SMARTS) is 2. The quantitative estimate of drug-likeness (QED) is 0.273. The highest BCUT2D eigenvalue weighted by atomic mass is 79.9. The zero-order valence-corrected chi connectivity index (χ0v) is 21.6. The maximum atomic E-state index is 14.8. The van der Waals surface area contributed by atoms with E-state index in [9.17, 15) is 27.9 Å². The van der Waals surface area contributed by atoms with Crippen LogP contribution in [-0.4, -0.2) is 42.1 Å². The van der Waals surface area contributed by atoms with Gasteiger partial charge in [0.1, 0.15) is 15.1 Å². The molecule has 4 aromatic heterocycles. The molecule has 0 aliphatic heterocycles. The van der Waals surface area contributed by atoms with Crippen LogP contribution in [0.25, 0.3) is 0 Å². The predicted octanol–water partition coefficient (Wildman–Crippen LogP) is 5.27. The molecular formula is C24H15Br2F3N4O4. The van der Waals surface area contributed by atoms with Crippen molar-refractivity contribution < 1.29 is 33.0 Å². The van der Waals surface area contributed by atoms with Crippen LogP contribution in [0, 0.1) is 11.6 Å². The van der Waals surface area contributed by atoms with Crippen molar-refractivity contribution >= 4 is 43.8 Å². The molecule has 2 N–H and O–H groups in total. The van der Waals surface area contributed by atoms with Gasteiger partial charge >= 0.3 is 11.9 Å². The van der Waals surface area contributed by atoms with Crippen molar-refractivity contribution in [3.8, 4) is 0 Å². The van der Waals surface area contributed by atoms with Gasteiger partial charge in [-0.3, -0.25) is 14.8 Å². The maximum Gasteiger partial charge on any atom is 0.354 e. The Morgan fingerprint density at radius 3 is 1.95 bits per heavy atom. The van der Waals surface area contributed by atoms with Crippen LogP contribution in [0.15, 0.2) is 82.4 Å². The fraction of sp³-hybridized carbons (Fsp3) is 0.0833. The van der Waals surface area contributed by atoms with Crippen LogP contribution in [0.4, 0.5) is 13.2 Å². The molecule has 0 amide bonds. The average molecular weight is 640 g/mol. The largest absolute Gasteiger partial charge is 0.480 e. The fourth-order valence-corrected chi connectivity index (χ4v) is 3.77. The number of pyridine rings is 4. The molecule has 190 valence electrons. The van der Waals surface area contributed by atoms with E-state index in [0.29, 0.717) is 5.56 Å². The second kappa shape index (κ2) is 12.0. The number of halogens is 5. The second-order valence-electron chi connectivity index (χ2n) is 7.21. The summed E-state index contributed by atoms with van der Waals surface area (Å²) in [6.45, 7) is 0. The van der Waals surface area contributed by atoms with Crippen molar-refractivity contribution in [2.24, 2.45) is 0 Å². The number of hydrogen-bond acceptors (Lipinski definition) is 6. The monoisotopic (exact) mass is 638 g/mol. The van der Waals surface area contributed by atoms with Crippen LogP contribution in [0.5, 0.6) is 0 Å². The molecule has 37 heavy (non-hydrogen) atoms. The Morgan fingerprint density at radius 1 is 0.811 bits per heavy atom. The summed E-state index contributed by atoms with van der Waals surface area (Å²) in [4.78, 5) is 37.6. The van der Waals surface area contributed by atoms with E-state index in [-0.39, 0.29) is 20.6 Å². The van der Waals surface area contributed by atoms with Crippen LogP contribution in [0.3, 0.4) is 0 Å². The van der Waals surface area contributed by atoms with E-state index >= 15 is 0 Å². The van der Waals surface area contributed by atoms with Crippen LogP contribution in [-0.2, 0) is 15.3 Å². The van der Waals surface area contributed by atoms with Gasteiger partial charge in [0.05, 0.1) is 17.1 Å². The minimum Gasteiger partial charge on any atom is -0.480 e. The molecule has 4 aromatic rings. The molecule has 0 spiro atoms. The number of carbonyl (C=O) groups is 2. The molecule has 2 unspecified atom stereocenters. The van der Waals surface area contributed by atoms with E-state index in [1.165, 1.54) is 48.9 Å². The lowest BCUT2D eigenvalue weighted by molar-refractivity contribution is -0.149. The first-order valence-electron chi connectivity index (χ1n) is 10.2. The number of hydrogen-bond donors (Lipinski definition) is 2. The molecule has 4 rings (SSSR count). The summed E-state index contributed by atoms with van der Waals surface area (Å²) in [7, 11) is 0. The highest BCUT2D eigenvalue weighted by Crippen LogP contribution is 2.33. The van der Waals surface area contributed by atoms with Crippen LogP contribution in [0.2, 0.25) is 0 Å². The molecule has 0 aliphatic rings. The van der Waals surface area contributed by atoms with Crippen LogP contribution < -0.4 is 0 Å². The first-order valence-corrected chi connectivity index (χ1v) is 11.7. The molecule has 2 atom stereocenters. The molecule has 0 saturated heterocycles. The smallest absolute Gasteiger partial charge is 0.354 e. The molecule has 4 heterocycles. The molecule has 0 saturated carbocycles. The van der Waals surface area contributed by atoms with Crippen molar-refractivity contribution in [1.82, 2.24) is 19.9 Å². The van der Waals surface area contributed by atoms with Gasteiger partial charge in [-0.2, -0.15) is 0 Å². The highest BCUT2D eigenvalue weighted by molar-refractivity contribution is 9.10. The van der Waals surface area contributed by atoms with Crippen LogP contribution in [0.1, 0.15) is 28.6 Å². The summed E-state index contributed by atoms with van der Waals surface area (Å²) in [5.41, 5.74) is -2.90. The fourth-order valence-electron chi connectivity index (χ4n) is 3.11. The average Bonchev–Trinajstić information content (AvgIpc) is 2.88. The Bertz CT molecular complexity index is 1420. The van der Waals surface area contributed by atoms with Crippen molar-refractivity contribution in [1.29, 1.82) is 0 Å². The molecule has 0 bridgehead atoms. The molecule has 8 nitrogen and oxygen atoms in total. The number of nitrogens with zero attached hydrogens (tertiary/aromatic N) is 4. The van der Waals surface area contributed by atoms with Gasteiger partial charge < -0.3 is 10.2 Å². The molecule has 0 aliphatic carbocycles. The molecule has 0 radical (unpaired) electrons. The lowest BCUT2D eigenvalue weighted by Crippen LogP contribution is -2.34. The zero-order valence-electron chi connectivity index (χ0n) is 18.4. The SMILES string of the molecule is O=C(O)C(F)(c1ccccn1)c1ccc(F)c(Br)n1.O=C(O)C(c1ccncc1)c1ccc(F)c(Br)n1. The van der Waals surface area contributed by atoms with Crippen LogP contribution >= 0.6 is 31.9 Å². The Hall–Kier alpha value is -3.71. The number of aliphatic carboxylic acids is 2. The normalized spacial score (nSPS) is 13.0. The molecular weight excluding hydrogens is 625 g/mol. The minimum atomic E-state index is -2.93.